The standard InChI is InChI=1S/C16H22N2O/c1-2-16(8-9-17-11-16)15(19)18-14-7-6-12-4-3-5-13(12)10-14/h6-7,10,17H,2-5,8-9,11H2,1H3,(H,18,19). The average molecular weight is 258 g/mol. The summed E-state index contributed by atoms with van der Waals surface area (Å²) in [7, 11) is 0. The maximum absolute atomic E-state index is 12.5. The Labute approximate surface area is 114 Å². The first kappa shape index (κ1) is 12.7. The topological polar surface area (TPSA) is 41.1 Å². The molecule has 1 aromatic rings. The number of carbonyl (C=O) groups is 1. The first-order chi connectivity index (χ1) is 9.23. The number of nitrogens with one attached hydrogen (secondary N) is 2. The van der Waals surface area contributed by atoms with Crippen LogP contribution in [0.5, 0.6) is 0 Å². The van der Waals surface area contributed by atoms with Crippen molar-refractivity contribution in [3.05, 3.63) is 29.3 Å². The molecule has 1 amide bonds. The molecule has 3 nitrogen and oxygen atoms in total. The Hall–Kier alpha value is -1.35. The summed E-state index contributed by atoms with van der Waals surface area (Å²) in [6.07, 6.45) is 5.43. The van der Waals surface area contributed by atoms with Crippen LogP contribution in [-0.2, 0) is 17.6 Å². The van der Waals surface area contributed by atoms with Crippen LogP contribution in [0.3, 0.4) is 0 Å². The van der Waals surface area contributed by atoms with Crippen LogP contribution < -0.4 is 10.6 Å². The van der Waals surface area contributed by atoms with E-state index in [0.29, 0.717) is 0 Å². The largest absolute Gasteiger partial charge is 0.326 e. The monoisotopic (exact) mass is 258 g/mol. The van der Waals surface area contributed by atoms with Crippen molar-refractivity contribution in [3.63, 3.8) is 0 Å². The van der Waals surface area contributed by atoms with Crippen LogP contribution in [-0.4, -0.2) is 19.0 Å². The Kier molecular flexibility index (Phi) is 3.31. The third kappa shape index (κ3) is 2.27. The normalized spacial score (nSPS) is 25.3. The third-order valence-electron chi connectivity index (χ3n) is 4.76. The maximum atomic E-state index is 12.5. The van der Waals surface area contributed by atoms with Crippen LogP contribution >= 0.6 is 0 Å². The Bertz CT molecular complexity index is 490. The summed E-state index contributed by atoms with van der Waals surface area (Å²) >= 11 is 0. The van der Waals surface area contributed by atoms with E-state index in [-0.39, 0.29) is 11.3 Å². The lowest BCUT2D eigenvalue weighted by Crippen LogP contribution is -2.37. The van der Waals surface area contributed by atoms with Gasteiger partial charge in [0.2, 0.25) is 5.91 Å². The third-order valence-corrected chi connectivity index (χ3v) is 4.76. The van der Waals surface area contributed by atoms with Crippen molar-refractivity contribution in [1.29, 1.82) is 0 Å². The van der Waals surface area contributed by atoms with Crippen LogP contribution in [0.2, 0.25) is 0 Å². The second-order valence-electron chi connectivity index (χ2n) is 5.85. The molecule has 1 aromatic carbocycles. The zero-order valence-electron chi connectivity index (χ0n) is 11.6. The smallest absolute Gasteiger partial charge is 0.231 e. The van der Waals surface area contributed by atoms with Crippen molar-refractivity contribution in [1.82, 2.24) is 5.32 Å². The van der Waals surface area contributed by atoms with Crippen molar-refractivity contribution in [2.24, 2.45) is 5.41 Å². The van der Waals surface area contributed by atoms with E-state index in [4.69, 9.17) is 0 Å². The molecule has 2 N–H and O–H groups in total. The molecule has 102 valence electrons. The lowest BCUT2D eigenvalue weighted by Gasteiger charge is -2.25. The molecule has 3 rings (SSSR count). The van der Waals surface area contributed by atoms with Crippen LogP contribution in [0, 0.1) is 5.41 Å². The number of hydrogen-bond donors (Lipinski definition) is 2. The van der Waals surface area contributed by atoms with Gasteiger partial charge in [0.05, 0.1) is 5.41 Å². The van der Waals surface area contributed by atoms with Gasteiger partial charge in [0, 0.05) is 12.2 Å². The number of benzene rings is 1. The average Bonchev–Trinajstić information content (AvgIpc) is 3.07. The van der Waals surface area contributed by atoms with Gasteiger partial charge in [-0.3, -0.25) is 4.79 Å². The molecule has 1 fully saturated rings. The van der Waals surface area contributed by atoms with Crippen molar-refractivity contribution in [2.45, 2.75) is 39.0 Å². The van der Waals surface area contributed by atoms with Gasteiger partial charge >= 0.3 is 0 Å². The fourth-order valence-corrected chi connectivity index (χ4v) is 3.31. The van der Waals surface area contributed by atoms with Crippen LogP contribution in [0.15, 0.2) is 18.2 Å². The molecule has 1 aliphatic heterocycles. The molecule has 2 aliphatic rings. The summed E-state index contributed by atoms with van der Waals surface area (Å²) < 4.78 is 0. The Morgan fingerprint density at radius 3 is 2.95 bits per heavy atom. The fraction of sp³-hybridized carbons (Fsp3) is 0.562. The van der Waals surface area contributed by atoms with E-state index in [2.05, 4.69) is 29.7 Å². The molecule has 3 heteroatoms. The molecule has 0 spiro atoms. The predicted molar refractivity (Wildman–Crippen MR) is 77.3 cm³/mol. The van der Waals surface area contributed by atoms with Crippen molar-refractivity contribution in [2.75, 3.05) is 18.4 Å². The highest BCUT2D eigenvalue weighted by atomic mass is 16.2. The zero-order chi connectivity index (χ0) is 13.3. The Morgan fingerprint density at radius 2 is 2.21 bits per heavy atom. The van der Waals surface area contributed by atoms with E-state index in [1.54, 1.807) is 0 Å². The van der Waals surface area contributed by atoms with E-state index in [1.807, 2.05) is 6.07 Å². The first-order valence-electron chi connectivity index (χ1n) is 7.37. The lowest BCUT2D eigenvalue weighted by molar-refractivity contribution is -0.124. The Balaban J connectivity index is 1.76. The van der Waals surface area contributed by atoms with Crippen molar-refractivity contribution >= 4 is 11.6 Å². The summed E-state index contributed by atoms with van der Waals surface area (Å²) in [4.78, 5) is 12.5. The fourth-order valence-electron chi connectivity index (χ4n) is 3.31. The molecule has 0 aromatic heterocycles. The molecular formula is C16H22N2O. The van der Waals surface area contributed by atoms with E-state index in [9.17, 15) is 4.79 Å². The number of anilines is 1. The molecule has 19 heavy (non-hydrogen) atoms. The Morgan fingerprint density at radius 1 is 1.37 bits per heavy atom. The van der Waals surface area contributed by atoms with E-state index >= 15 is 0 Å². The number of aryl methyl sites for hydroxylation is 2. The van der Waals surface area contributed by atoms with Crippen LogP contribution in [0.4, 0.5) is 5.69 Å². The minimum Gasteiger partial charge on any atom is -0.326 e. The summed E-state index contributed by atoms with van der Waals surface area (Å²) in [5, 5.41) is 6.44. The van der Waals surface area contributed by atoms with Crippen LogP contribution in [0.1, 0.15) is 37.3 Å². The SMILES string of the molecule is CCC1(C(=O)Nc2ccc3c(c2)CCC3)CCNC1. The van der Waals surface area contributed by atoms with Crippen molar-refractivity contribution < 1.29 is 4.79 Å². The van der Waals surface area contributed by atoms with Gasteiger partial charge in [-0.05, 0) is 61.9 Å². The minimum atomic E-state index is -0.209. The summed E-state index contributed by atoms with van der Waals surface area (Å²) in [6.45, 7) is 3.86. The summed E-state index contributed by atoms with van der Waals surface area (Å²) in [5.74, 6) is 0.179. The molecule has 1 heterocycles. The summed E-state index contributed by atoms with van der Waals surface area (Å²) in [5.41, 5.74) is 3.61. The number of amides is 1. The number of fused-ring (bicyclic) bond motifs is 1. The quantitative estimate of drug-likeness (QED) is 0.874. The molecule has 1 atom stereocenters. The second kappa shape index (κ2) is 4.97. The molecule has 1 unspecified atom stereocenters. The van der Waals surface area contributed by atoms with Gasteiger partial charge in [-0.2, -0.15) is 0 Å². The van der Waals surface area contributed by atoms with Gasteiger partial charge in [0.25, 0.3) is 0 Å². The number of rotatable bonds is 3. The first-order valence-corrected chi connectivity index (χ1v) is 7.37. The second-order valence-corrected chi connectivity index (χ2v) is 5.85. The lowest BCUT2D eigenvalue weighted by atomic mass is 9.83. The highest BCUT2D eigenvalue weighted by Gasteiger charge is 2.39. The predicted octanol–water partition coefficient (Wildman–Crippen LogP) is 2.50. The maximum Gasteiger partial charge on any atom is 0.231 e. The molecule has 1 saturated heterocycles. The number of carbonyl (C=O) groups excluding carboxylic acids is 1. The summed E-state index contributed by atoms with van der Waals surface area (Å²) in [6, 6.07) is 6.38. The molecule has 0 radical (unpaired) electrons. The van der Waals surface area contributed by atoms with Crippen LogP contribution in [0.25, 0.3) is 0 Å². The van der Waals surface area contributed by atoms with Gasteiger partial charge in [0.15, 0.2) is 0 Å². The minimum absolute atomic E-state index is 0.179. The van der Waals surface area contributed by atoms with Gasteiger partial charge in [-0.25, -0.2) is 0 Å². The van der Waals surface area contributed by atoms with Gasteiger partial charge in [-0.1, -0.05) is 13.0 Å². The zero-order valence-corrected chi connectivity index (χ0v) is 11.6. The van der Waals surface area contributed by atoms with Gasteiger partial charge in [-0.15, -0.1) is 0 Å². The number of hydrogen-bond acceptors (Lipinski definition) is 2. The molecule has 0 bridgehead atoms. The van der Waals surface area contributed by atoms with Crippen molar-refractivity contribution in [3.8, 4) is 0 Å². The van der Waals surface area contributed by atoms with Gasteiger partial charge < -0.3 is 10.6 Å². The van der Waals surface area contributed by atoms with E-state index in [0.717, 1.165) is 38.0 Å². The highest BCUT2D eigenvalue weighted by molar-refractivity contribution is 5.95. The molecular weight excluding hydrogens is 236 g/mol. The molecule has 0 saturated carbocycles. The highest BCUT2D eigenvalue weighted by Crippen LogP contribution is 2.32. The van der Waals surface area contributed by atoms with E-state index < -0.39 is 0 Å². The van der Waals surface area contributed by atoms with Gasteiger partial charge in [0.1, 0.15) is 0 Å². The van der Waals surface area contributed by atoms with E-state index in [1.165, 1.54) is 24.0 Å². The molecule has 1 aliphatic carbocycles.